The fourth-order valence-electron chi connectivity index (χ4n) is 0.925. The lowest BCUT2D eigenvalue weighted by atomic mass is 10.2. The van der Waals surface area contributed by atoms with Gasteiger partial charge in [0.15, 0.2) is 17.4 Å². The predicted octanol–water partition coefficient (Wildman–Crippen LogP) is 0.863. The van der Waals surface area contributed by atoms with Crippen LogP contribution in [0.3, 0.4) is 0 Å². The second-order valence-electron chi connectivity index (χ2n) is 2.71. The number of hydrogen-bond donors (Lipinski definition) is 0. The topological polar surface area (TPSA) is 59.9 Å². The summed E-state index contributed by atoms with van der Waals surface area (Å²) in [5.41, 5.74) is 0.426. The van der Waals surface area contributed by atoms with Crippen LogP contribution in [0, 0.1) is 12.3 Å². The minimum Gasteiger partial charge on any atom is -0.293 e. The first kappa shape index (κ1) is 10.1. The van der Waals surface area contributed by atoms with Gasteiger partial charge in [-0.15, -0.1) is 6.42 Å². The maximum atomic E-state index is 11.1. The van der Waals surface area contributed by atoms with Crippen LogP contribution in [0.2, 0.25) is 0 Å². The molecule has 0 radical (unpaired) electrons. The van der Waals surface area contributed by atoms with Crippen LogP contribution < -0.4 is 0 Å². The molecule has 0 bridgehead atoms. The maximum absolute atomic E-state index is 11.1. The van der Waals surface area contributed by atoms with E-state index in [0.717, 1.165) is 0 Å². The summed E-state index contributed by atoms with van der Waals surface area (Å²) in [6, 6.07) is 0. The minimum absolute atomic E-state index is 0.00852. The van der Waals surface area contributed by atoms with Gasteiger partial charge in [-0.05, 0) is 0 Å². The molecule has 0 fully saturated rings. The molecule has 0 amide bonds. The Morgan fingerprint density at radius 3 is 2.43 bits per heavy atom. The fourth-order valence-corrected chi connectivity index (χ4v) is 0.925. The fraction of sp³-hybridized carbons (Fsp3) is 0.200. The lowest BCUT2D eigenvalue weighted by Gasteiger charge is -2.00. The third kappa shape index (κ3) is 1.83. The molecule has 0 spiro atoms. The summed E-state index contributed by atoms with van der Waals surface area (Å²) in [6.45, 7) is 2.67. The predicted molar refractivity (Wildman–Crippen MR) is 50.0 cm³/mol. The summed E-state index contributed by atoms with van der Waals surface area (Å²) in [7, 11) is 0. The molecule has 0 aliphatic rings. The van der Waals surface area contributed by atoms with E-state index in [9.17, 15) is 9.59 Å². The zero-order chi connectivity index (χ0) is 10.7. The van der Waals surface area contributed by atoms with E-state index in [2.05, 4.69) is 15.9 Å². The zero-order valence-electron chi connectivity index (χ0n) is 7.87. The molecule has 1 aromatic heterocycles. The number of terminal acetylenes is 1. The lowest BCUT2D eigenvalue weighted by Crippen LogP contribution is -2.09. The number of ketones is 2. The molecule has 14 heavy (non-hydrogen) atoms. The van der Waals surface area contributed by atoms with Crippen molar-refractivity contribution in [2.45, 2.75) is 13.8 Å². The van der Waals surface area contributed by atoms with E-state index in [4.69, 9.17) is 6.42 Å². The van der Waals surface area contributed by atoms with Gasteiger partial charge in [0.25, 0.3) is 0 Å². The summed E-state index contributed by atoms with van der Waals surface area (Å²) in [5, 5.41) is 0. The second-order valence-corrected chi connectivity index (χ2v) is 2.71. The summed E-state index contributed by atoms with van der Waals surface area (Å²) in [4.78, 5) is 29.6. The molecule has 0 saturated carbocycles. The molecule has 0 unspecified atom stereocenters. The molecule has 1 rings (SSSR count). The van der Waals surface area contributed by atoms with E-state index < -0.39 is 0 Å². The van der Waals surface area contributed by atoms with Crippen molar-refractivity contribution in [3.8, 4) is 12.3 Å². The smallest absolute Gasteiger partial charge is 0.196 e. The van der Waals surface area contributed by atoms with Crippen LogP contribution in [0.15, 0.2) is 6.20 Å². The number of Topliss-reactive ketones (excluding diaryl/α,β-unsaturated/α-hetero) is 2. The standard InChI is InChI=1S/C10H8N2O2/c1-4-8-5-11-10(7(3)14)12-9(8)6(2)13/h1,5H,2-3H3. The summed E-state index contributed by atoms with van der Waals surface area (Å²) < 4.78 is 0. The highest BCUT2D eigenvalue weighted by molar-refractivity contribution is 5.96. The second kappa shape index (κ2) is 3.79. The molecule has 4 heteroatoms. The Hall–Kier alpha value is -2.02. The summed E-state index contributed by atoms with van der Waals surface area (Å²) in [6.07, 6.45) is 6.45. The molecule has 1 aromatic rings. The van der Waals surface area contributed by atoms with E-state index >= 15 is 0 Å². The summed E-state index contributed by atoms with van der Waals surface area (Å²) in [5.74, 6) is 1.72. The van der Waals surface area contributed by atoms with E-state index in [1.165, 1.54) is 20.0 Å². The van der Waals surface area contributed by atoms with Crippen molar-refractivity contribution < 1.29 is 9.59 Å². The molecular weight excluding hydrogens is 180 g/mol. The van der Waals surface area contributed by atoms with Gasteiger partial charge in [-0.2, -0.15) is 0 Å². The monoisotopic (exact) mass is 188 g/mol. The van der Waals surface area contributed by atoms with Crippen molar-refractivity contribution in [2.75, 3.05) is 0 Å². The van der Waals surface area contributed by atoms with Gasteiger partial charge in [0, 0.05) is 20.0 Å². The van der Waals surface area contributed by atoms with Crippen LogP contribution in [0.25, 0.3) is 0 Å². The number of carbonyl (C=O) groups is 2. The van der Waals surface area contributed by atoms with E-state index in [1.54, 1.807) is 0 Å². The van der Waals surface area contributed by atoms with E-state index in [-0.39, 0.29) is 23.1 Å². The first-order chi connectivity index (χ1) is 6.56. The molecule has 0 saturated heterocycles. The quantitative estimate of drug-likeness (QED) is 0.510. The van der Waals surface area contributed by atoms with Crippen LogP contribution in [0.1, 0.15) is 40.5 Å². The van der Waals surface area contributed by atoms with Crippen LogP contribution >= 0.6 is 0 Å². The highest BCUT2D eigenvalue weighted by Gasteiger charge is 2.11. The number of aromatic nitrogens is 2. The molecular formula is C10H8N2O2. The number of nitrogens with zero attached hydrogens (tertiary/aromatic N) is 2. The maximum Gasteiger partial charge on any atom is 0.196 e. The Bertz CT molecular complexity index is 444. The highest BCUT2D eigenvalue weighted by atomic mass is 16.1. The third-order valence-corrected chi connectivity index (χ3v) is 1.59. The Balaban J connectivity index is 3.37. The number of carbonyl (C=O) groups excluding carboxylic acids is 2. The Morgan fingerprint density at radius 1 is 1.36 bits per heavy atom. The van der Waals surface area contributed by atoms with Crippen molar-refractivity contribution in [1.82, 2.24) is 9.97 Å². The average Bonchev–Trinajstić information content (AvgIpc) is 2.16. The van der Waals surface area contributed by atoms with Gasteiger partial charge < -0.3 is 0 Å². The van der Waals surface area contributed by atoms with Gasteiger partial charge in [-0.25, -0.2) is 9.97 Å². The Kier molecular flexibility index (Phi) is 2.73. The number of rotatable bonds is 2. The van der Waals surface area contributed by atoms with Crippen molar-refractivity contribution in [3.05, 3.63) is 23.3 Å². The summed E-state index contributed by atoms with van der Waals surface area (Å²) >= 11 is 0. The van der Waals surface area contributed by atoms with E-state index in [1.807, 2.05) is 0 Å². The van der Waals surface area contributed by atoms with Gasteiger partial charge >= 0.3 is 0 Å². The zero-order valence-corrected chi connectivity index (χ0v) is 7.87. The lowest BCUT2D eigenvalue weighted by molar-refractivity contribution is 0.100. The normalized spacial score (nSPS) is 9.21. The van der Waals surface area contributed by atoms with E-state index in [0.29, 0.717) is 5.56 Å². The first-order valence-corrected chi connectivity index (χ1v) is 3.91. The highest BCUT2D eigenvalue weighted by Crippen LogP contribution is 2.05. The van der Waals surface area contributed by atoms with Crippen LogP contribution in [0.5, 0.6) is 0 Å². The molecule has 0 N–H and O–H groups in total. The van der Waals surface area contributed by atoms with Crippen LogP contribution in [-0.4, -0.2) is 21.5 Å². The number of hydrogen-bond acceptors (Lipinski definition) is 4. The van der Waals surface area contributed by atoms with Gasteiger partial charge in [0.2, 0.25) is 0 Å². The Morgan fingerprint density at radius 2 is 2.00 bits per heavy atom. The van der Waals surface area contributed by atoms with Gasteiger partial charge in [0.1, 0.15) is 5.69 Å². The molecule has 0 atom stereocenters. The van der Waals surface area contributed by atoms with Gasteiger partial charge in [0.05, 0.1) is 5.56 Å². The molecule has 0 aromatic carbocycles. The molecule has 0 aliphatic heterocycles. The van der Waals surface area contributed by atoms with Crippen molar-refractivity contribution >= 4 is 11.6 Å². The van der Waals surface area contributed by atoms with Gasteiger partial charge in [-0.1, -0.05) is 5.92 Å². The average molecular weight is 188 g/mol. The van der Waals surface area contributed by atoms with Crippen molar-refractivity contribution in [1.29, 1.82) is 0 Å². The van der Waals surface area contributed by atoms with Crippen LogP contribution in [0.4, 0.5) is 0 Å². The third-order valence-electron chi connectivity index (χ3n) is 1.59. The SMILES string of the molecule is C#Cc1cnc(C(C)=O)nc1C(C)=O. The van der Waals surface area contributed by atoms with Crippen LogP contribution in [-0.2, 0) is 0 Å². The van der Waals surface area contributed by atoms with Gasteiger partial charge in [-0.3, -0.25) is 9.59 Å². The first-order valence-electron chi connectivity index (χ1n) is 3.91. The molecule has 70 valence electrons. The Labute approximate surface area is 81.4 Å². The molecule has 1 heterocycles. The molecule has 4 nitrogen and oxygen atoms in total. The van der Waals surface area contributed by atoms with Crippen molar-refractivity contribution in [2.24, 2.45) is 0 Å². The molecule has 0 aliphatic carbocycles. The van der Waals surface area contributed by atoms with Crippen molar-refractivity contribution in [3.63, 3.8) is 0 Å². The largest absolute Gasteiger partial charge is 0.293 e. The minimum atomic E-state index is -0.295.